The van der Waals surface area contributed by atoms with E-state index < -0.39 is 0 Å². The minimum atomic E-state index is -0.384. The van der Waals surface area contributed by atoms with Gasteiger partial charge in [0.2, 0.25) is 0 Å². The molecule has 0 spiro atoms. The van der Waals surface area contributed by atoms with Crippen molar-refractivity contribution in [2.75, 3.05) is 13.1 Å². The van der Waals surface area contributed by atoms with E-state index in [1.807, 2.05) is 12.4 Å². The van der Waals surface area contributed by atoms with E-state index in [0.717, 1.165) is 44.0 Å². The lowest BCUT2D eigenvalue weighted by atomic mass is 10.0. The Kier molecular flexibility index (Phi) is 4.08. The smallest absolute Gasteiger partial charge is 0.122 e. The fraction of sp³-hybridized carbons (Fsp3) is 0.471. The van der Waals surface area contributed by atoms with E-state index in [-0.39, 0.29) is 6.10 Å². The molecule has 4 nitrogen and oxygen atoms in total. The SMILES string of the molecule is Cc1cc(C)cc(C(O)CCN2CCn3ccnc3C2)c1. The lowest BCUT2D eigenvalue weighted by molar-refractivity contribution is 0.130. The van der Waals surface area contributed by atoms with Crippen molar-refractivity contribution in [3.8, 4) is 0 Å². The summed E-state index contributed by atoms with van der Waals surface area (Å²) in [6.45, 7) is 7.97. The normalized spacial score (nSPS) is 16.7. The standard InChI is InChI=1S/C17H23N3O/c1-13-9-14(2)11-15(10-13)16(21)3-5-19-7-8-20-6-4-18-17(20)12-19/h4,6,9-11,16,21H,3,5,7-8,12H2,1-2H3. The van der Waals surface area contributed by atoms with Crippen LogP contribution in [0.5, 0.6) is 0 Å². The Balaban J connectivity index is 1.58. The molecule has 0 amide bonds. The van der Waals surface area contributed by atoms with Gasteiger partial charge in [-0.05, 0) is 25.8 Å². The lowest BCUT2D eigenvalue weighted by Gasteiger charge is -2.28. The van der Waals surface area contributed by atoms with Gasteiger partial charge in [-0.15, -0.1) is 0 Å². The van der Waals surface area contributed by atoms with Gasteiger partial charge < -0.3 is 9.67 Å². The average molecular weight is 285 g/mol. The first-order valence-corrected chi connectivity index (χ1v) is 7.60. The largest absolute Gasteiger partial charge is 0.388 e. The Bertz CT molecular complexity index is 600. The van der Waals surface area contributed by atoms with Crippen molar-refractivity contribution in [1.29, 1.82) is 0 Å². The van der Waals surface area contributed by atoms with Gasteiger partial charge in [-0.25, -0.2) is 4.98 Å². The fourth-order valence-electron chi connectivity index (χ4n) is 3.09. The molecule has 1 N–H and O–H groups in total. The molecule has 1 atom stereocenters. The van der Waals surface area contributed by atoms with E-state index >= 15 is 0 Å². The second-order valence-electron chi connectivity index (χ2n) is 6.04. The minimum Gasteiger partial charge on any atom is -0.388 e. The third kappa shape index (κ3) is 3.34. The average Bonchev–Trinajstić information content (AvgIpc) is 2.91. The molecule has 4 heteroatoms. The molecular formula is C17H23N3O. The zero-order chi connectivity index (χ0) is 14.8. The number of aromatic nitrogens is 2. The topological polar surface area (TPSA) is 41.3 Å². The number of rotatable bonds is 4. The number of aryl methyl sites for hydroxylation is 2. The maximum atomic E-state index is 10.4. The molecule has 1 aliphatic heterocycles. The summed E-state index contributed by atoms with van der Waals surface area (Å²) in [4.78, 5) is 6.74. The molecule has 0 bridgehead atoms. The van der Waals surface area contributed by atoms with Crippen LogP contribution in [-0.4, -0.2) is 32.6 Å². The Morgan fingerprint density at radius 1 is 1.19 bits per heavy atom. The summed E-state index contributed by atoms with van der Waals surface area (Å²) < 4.78 is 2.21. The van der Waals surface area contributed by atoms with Crippen molar-refractivity contribution in [3.63, 3.8) is 0 Å². The maximum Gasteiger partial charge on any atom is 0.122 e. The highest BCUT2D eigenvalue weighted by Crippen LogP contribution is 2.21. The van der Waals surface area contributed by atoms with E-state index in [0.29, 0.717) is 0 Å². The van der Waals surface area contributed by atoms with Gasteiger partial charge in [0, 0.05) is 32.0 Å². The molecule has 0 fully saturated rings. The number of hydrogen-bond donors (Lipinski definition) is 1. The maximum absolute atomic E-state index is 10.4. The van der Waals surface area contributed by atoms with Gasteiger partial charge in [0.05, 0.1) is 12.6 Å². The van der Waals surface area contributed by atoms with Crippen LogP contribution < -0.4 is 0 Å². The van der Waals surface area contributed by atoms with Crippen molar-refractivity contribution >= 4 is 0 Å². The van der Waals surface area contributed by atoms with Crippen LogP contribution in [-0.2, 0) is 13.1 Å². The summed E-state index contributed by atoms with van der Waals surface area (Å²) in [6, 6.07) is 6.31. The number of hydrogen-bond acceptors (Lipinski definition) is 3. The number of benzene rings is 1. The van der Waals surface area contributed by atoms with Gasteiger partial charge in [-0.1, -0.05) is 29.3 Å². The Morgan fingerprint density at radius 2 is 1.95 bits per heavy atom. The molecule has 3 rings (SSSR count). The van der Waals surface area contributed by atoms with Crippen LogP contribution in [0.4, 0.5) is 0 Å². The number of aliphatic hydroxyl groups excluding tert-OH is 1. The Morgan fingerprint density at radius 3 is 2.71 bits per heavy atom. The summed E-state index contributed by atoms with van der Waals surface area (Å²) in [5.41, 5.74) is 3.46. The lowest BCUT2D eigenvalue weighted by Crippen LogP contribution is -2.34. The predicted octanol–water partition coefficient (Wildman–Crippen LogP) is 2.44. The molecule has 1 aromatic heterocycles. The highest BCUT2D eigenvalue weighted by atomic mass is 16.3. The van der Waals surface area contributed by atoms with Crippen molar-refractivity contribution in [2.24, 2.45) is 0 Å². The van der Waals surface area contributed by atoms with Crippen LogP contribution in [0, 0.1) is 13.8 Å². The van der Waals surface area contributed by atoms with Gasteiger partial charge in [-0.2, -0.15) is 0 Å². The molecule has 0 radical (unpaired) electrons. The summed E-state index contributed by atoms with van der Waals surface area (Å²) >= 11 is 0. The van der Waals surface area contributed by atoms with Gasteiger partial charge >= 0.3 is 0 Å². The first kappa shape index (κ1) is 14.3. The molecule has 2 heterocycles. The highest BCUT2D eigenvalue weighted by molar-refractivity contribution is 5.29. The molecule has 0 aliphatic carbocycles. The fourth-order valence-corrected chi connectivity index (χ4v) is 3.09. The minimum absolute atomic E-state index is 0.384. The first-order valence-electron chi connectivity index (χ1n) is 7.60. The van der Waals surface area contributed by atoms with Gasteiger partial charge in [0.1, 0.15) is 5.82 Å². The number of aliphatic hydroxyl groups is 1. The van der Waals surface area contributed by atoms with Crippen LogP contribution in [0.1, 0.15) is 35.0 Å². The zero-order valence-electron chi connectivity index (χ0n) is 12.8. The molecule has 1 unspecified atom stereocenters. The van der Waals surface area contributed by atoms with Crippen molar-refractivity contribution < 1.29 is 5.11 Å². The second kappa shape index (κ2) is 6.00. The Labute approximate surface area is 126 Å². The van der Waals surface area contributed by atoms with E-state index in [4.69, 9.17) is 0 Å². The molecule has 21 heavy (non-hydrogen) atoms. The number of imidazole rings is 1. The van der Waals surface area contributed by atoms with Crippen LogP contribution in [0.2, 0.25) is 0 Å². The number of nitrogens with zero attached hydrogens (tertiary/aromatic N) is 3. The van der Waals surface area contributed by atoms with E-state index in [9.17, 15) is 5.11 Å². The van der Waals surface area contributed by atoms with Crippen molar-refractivity contribution in [1.82, 2.24) is 14.5 Å². The summed E-state index contributed by atoms with van der Waals surface area (Å²) in [5, 5.41) is 10.4. The second-order valence-corrected chi connectivity index (χ2v) is 6.04. The van der Waals surface area contributed by atoms with Crippen LogP contribution in [0.15, 0.2) is 30.6 Å². The van der Waals surface area contributed by atoms with Crippen LogP contribution >= 0.6 is 0 Å². The monoisotopic (exact) mass is 285 g/mol. The van der Waals surface area contributed by atoms with Crippen molar-refractivity contribution in [3.05, 3.63) is 53.1 Å². The summed E-state index contributed by atoms with van der Waals surface area (Å²) in [6.07, 6.45) is 4.29. The number of fused-ring (bicyclic) bond motifs is 1. The van der Waals surface area contributed by atoms with Gasteiger partial charge in [-0.3, -0.25) is 4.90 Å². The quantitative estimate of drug-likeness (QED) is 0.938. The molecular weight excluding hydrogens is 262 g/mol. The first-order chi connectivity index (χ1) is 10.1. The molecule has 0 saturated carbocycles. The predicted molar refractivity (Wildman–Crippen MR) is 83.0 cm³/mol. The molecule has 2 aromatic rings. The van der Waals surface area contributed by atoms with Crippen LogP contribution in [0.25, 0.3) is 0 Å². The summed E-state index contributed by atoms with van der Waals surface area (Å²) in [5.74, 6) is 1.13. The highest BCUT2D eigenvalue weighted by Gasteiger charge is 2.18. The molecule has 0 saturated heterocycles. The van der Waals surface area contributed by atoms with Gasteiger partial charge in [0.15, 0.2) is 0 Å². The van der Waals surface area contributed by atoms with E-state index in [2.05, 4.69) is 46.5 Å². The third-order valence-electron chi connectivity index (χ3n) is 4.17. The van der Waals surface area contributed by atoms with E-state index in [1.54, 1.807) is 0 Å². The molecule has 112 valence electrons. The molecule has 1 aromatic carbocycles. The van der Waals surface area contributed by atoms with E-state index in [1.165, 1.54) is 11.1 Å². The third-order valence-corrected chi connectivity index (χ3v) is 4.17. The zero-order valence-corrected chi connectivity index (χ0v) is 12.8. The summed E-state index contributed by atoms with van der Waals surface area (Å²) in [7, 11) is 0. The molecule has 1 aliphatic rings. The van der Waals surface area contributed by atoms with Crippen LogP contribution in [0.3, 0.4) is 0 Å². The Hall–Kier alpha value is -1.65. The van der Waals surface area contributed by atoms with Crippen molar-refractivity contribution in [2.45, 2.75) is 39.5 Å². The van der Waals surface area contributed by atoms with Gasteiger partial charge in [0.25, 0.3) is 0 Å².